The topological polar surface area (TPSA) is 59.1 Å². The second-order valence-electron chi connectivity index (χ2n) is 7.18. The molecule has 2 aliphatic rings. The van der Waals surface area contributed by atoms with Crippen LogP contribution >= 0.6 is 0 Å². The van der Waals surface area contributed by atoms with E-state index in [9.17, 15) is 14.0 Å². The highest BCUT2D eigenvalue weighted by molar-refractivity contribution is 5.89. The van der Waals surface area contributed by atoms with Crippen LogP contribution in [0.5, 0.6) is 5.75 Å². The molecule has 0 N–H and O–H groups in total. The summed E-state index contributed by atoms with van der Waals surface area (Å²) >= 11 is 0. The summed E-state index contributed by atoms with van der Waals surface area (Å²) in [6, 6.07) is 6.00. The molecule has 3 rings (SSSR count). The average Bonchev–Trinajstić information content (AvgIpc) is 3.05. The Morgan fingerprint density at radius 3 is 2.59 bits per heavy atom. The van der Waals surface area contributed by atoms with Crippen LogP contribution in [0.3, 0.4) is 0 Å². The maximum atomic E-state index is 13.0. The van der Waals surface area contributed by atoms with Crippen LogP contribution in [-0.2, 0) is 14.3 Å². The van der Waals surface area contributed by atoms with Crippen molar-refractivity contribution in [3.8, 4) is 5.75 Å². The lowest BCUT2D eigenvalue weighted by Gasteiger charge is -2.33. The van der Waals surface area contributed by atoms with Gasteiger partial charge in [-0.15, -0.1) is 0 Å². The molecule has 1 aromatic rings. The fourth-order valence-corrected chi connectivity index (χ4v) is 3.71. The number of benzene rings is 1. The van der Waals surface area contributed by atoms with Crippen LogP contribution in [0.25, 0.3) is 0 Å². The summed E-state index contributed by atoms with van der Waals surface area (Å²) in [5.41, 5.74) is 0. The average molecular weight is 378 g/mol. The molecule has 0 radical (unpaired) electrons. The van der Waals surface area contributed by atoms with Crippen molar-refractivity contribution in [1.82, 2.24) is 9.80 Å². The molecule has 1 atom stereocenters. The molecule has 0 saturated carbocycles. The molecule has 0 aromatic heterocycles. The van der Waals surface area contributed by atoms with Gasteiger partial charge in [-0.2, -0.15) is 0 Å². The summed E-state index contributed by atoms with van der Waals surface area (Å²) in [5, 5.41) is 0. The number of amides is 2. The summed E-state index contributed by atoms with van der Waals surface area (Å²) in [4.78, 5) is 28.5. The molecule has 27 heavy (non-hydrogen) atoms. The molecule has 2 aliphatic heterocycles. The number of hydrogen-bond acceptors (Lipinski definition) is 4. The monoisotopic (exact) mass is 378 g/mol. The predicted octanol–water partition coefficient (Wildman–Crippen LogP) is 2.08. The van der Waals surface area contributed by atoms with Crippen molar-refractivity contribution >= 4 is 11.8 Å². The predicted molar refractivity (Wildman–Crippen MR) is 97.8 cm³/mol. The fraction of sp³-hybridized carbons (Fsp3) is 0.600. The lowest BCUT2D eigenvalue weighted by molar-refractivity contribution is -0.137. The van der Waals surface area contributed by atoms with E-state index in [-0.39, 0.29) is 29.7 Å². The number of likely N-dealkylation sites (tertiary alicyclic amines) is 2. The van der Waals surface area contributed by atoms with Gasteiger partial charge in [0.05, 0.1) is 5.92 Å². The molecule has 2 amide bonds. The van der Waals surface area contributed by atoms with Crippen LogP contribution in [0, 0.1) is 11.7 Å². The zero-order valence-corrected chi connectivity index (χ0v) is 15.7. The number of rotatable bonds is 7. The largest absolute Gasteiger partial charge is 0.490 e. The van der Waals surface area contributed by atoms with Gasteiger partial charge in [0, 0.05) is 59.2 Å². The van der Waals surface area contributed by atoms with Crippen LogP contribution in [0.15, 0.2) is 24.3 Å². The molecule has 2 saturated heterocycles. The molecule has 2 fully saturated rings. The van der Waals surface area contributed by atoms with E-state index in [1.54, 1.807) is 24.1 Å². The van der Waals surface area contributed by atoms with Crippen molar-refractivity contribution in [1.29, 1.82) is 0 Å². The van der Waals surface area contributed by atoms with Crippen molar-refractivity contribution in [2.45, 2.75) is 31.8 Å². The minimum Gasteiger partial charge on any atom is -0.490 e. The first-order chi connectivity index (χ1) is 13.1. The van der Waals surface area contributed by atoms with E-state index in [1.165, 1.54) is 12.1 Å². The van der Waals surface area contributed by atoms with E-state index >= 15 is 0 Å². The van der Waals surface area contributed by atoms with E-state index in [0.29, 0.717) is 45.0 Å². The number of carbonyl (C=O) groups excluding carboxylic acids is 2. The smallest absolute Gasteiger partial charge is 0.227 e. The van der Waals surface area contributed by atoms with Gasteiger partial charge >= 0.3 is 0 Å². The van der Waals surface area contributed by atoms with Gasteiger partial charge in [-0.25, -0.2) is 4.39 Å². The molecule has 7 heteroatoms. The number of nitrogens with zero attached hydrogens (tertiary/aromatic N) is 2. The molecule has 2 heterocycles. The summed E-state index contributed by atoms with van der Waals surface area (Å²) in [6.45, 7) is 3.01. The van der Waals surface area contributed by atoms with Crippen molar-refractivity contribution in [3.63, 3.8) is 0 Å². The zero-order valence-electron chi connectivity index (χ0n) is 15.7. The Labute approximate surface area is 159 Å². The zero-order chi connectivity index (χ0) is 19.2. The first kappa shape index (κ1) is 19.6. The Bertz CT molecular complexity index is 644. The highest BCUT2D eigenvalue weighted by Crippen LogP contribution is 2.24. The molecule has 6 nitrogen and oxygen atoms in total. The second kappa shape index (κ2) is 9.17. The Morgan fingerprint density at radius 2 is 1.93 bits per heavy atom. The standard InChI is InChI=1S/C20H27FN2O4/c1-26-12-2-9-23-14-15(13-19(23)24)20(25)22-10-7-18(8-11-22)27-17-5-3-16(21)4-6-17/h3-6,15,18H,2,7-14H2,1H3/t15-/m0/s1. The van der Waals surface area contributed by atoms with Crippen LogP contribution in [0.2, 0.25) is 0 Å². The first-order valence-corrected chi connectivity index (χ1v) is 9.54. The quantitative estimate of drug-likeness (QED) is 0.682. The van der Waals surface area contributed by atoms with Crippen LogP contribution in [-0.4, -0.2) is 67.6 Å². The molecular weight excluding hydrogens is 351 g/mol. The van der Waals surface area contributed by atoms with Crippen LogP contribution in [0.1, 0.15) is 25.7 Å². The van der Waals surface area contributed by atoms with Gasteiger partial charge in [-0.1, -0.05) is 0 Å². The number of hydrogen-bond donors (Lipinski definition) is 0. The van der Waals surface area contributed by atoms with Gasteiger partial charge in [0.25, 0.3) is 0 Å². The summed E-state index contributed by atoms with van der Waals surface area (Å²) in [6.07, 6.45) is 2.59. The van der Waals surface area contributed by atoms with E-state index < -0.39 is 0 Å². The minimum absolute atomic E-state index is 0.0234. The first-order valence-electron chi connectivity index (χ1n) is 9.54. The molecule has 1 aromatic carbocycles. The van der Waals surface area contributed by atoms with E-state index in [0.717, 1.165) is 19.3 Å². The fourth-order valence-electron chi connectivity index (χ4n) is 3.71. The summed E-state index contributed by atoms with van der Waals surface area (Å²) in [7, 11) is 1.64. The van der Waals surface area contributed by atoms with Crippen LogP contribution in [0.4, 0.5) is 4.39 Å². The Hall–Kier alpha value is -2.15. The Balaban J connectivity index is 1.44. The molecule has 0 aliphatic carbocycles. The van der Waals surface area contributed by atoms with E-state index in [1.807, 2.05) is 4.90 Å². The number of methoxy groups -OCH3 is 1. The normalized spacial score (nSPS) is 21.0. The van der Waals surface area contributed by atoms with Gasteiger partial charge in [0.2, 0.25) is 11.8 Å². The summed E-state index contributed by atoms with van der Waals surface area (Å²) < 4.78 is 23.9. The molecular formula is C20H27FN2O4. The Morgan fingerprint density at radius 1 is 1.22 bits per heavy atom. The third-order valence-corrected chi connectivity index (χ3v) is 5.21. The highest BCUT2D eigenvalue weighted by atomic mass is 19.1. The lowest BCUT2D eigenvalue weighted by atomic mass is 10.0. The third kappa shape index (κ3) is 5.19. The highest BCUT2D eigenvalue weighted by Gasteiger charge is 2.37. The number of ether oxygens (including phenoxy) is 2. The van der Waals surface area contributed by atoms with Gasteiger partial charge in [-0.05, 0) is 30.7 Å². The molecule has 0 unspecified atom stereocenters. The Kier molecular flexibility index (Phi) is 6.66. The van der Waals surface area contributed by atoms with Crippen LogP contribution < -0.4 is 4.74 Å². The van der Waals surface area contributed by atoms with Gasteiger partial charge < -0.3 is 19.3 Å². The summed E-state index contributed by atoms with van der Waals surface area (Å²) in [5.74, 6) is 0.242. The SMILES string of the molecule is COCCCN1C[C@@H](C(=O)N2CCC(Oc3ccc(F)cc3)CC2)CC1=O. The maximum Gasteiger partial charge on any atom is 0.227 e. The maximum absolute atomic E-state index is 13.0. The third-order valence-electron chi connectivity index (χ3n) is 5.21. The van der Waals surface area contributed by atoms with Gasteiger partial charge in [0.15, 0.2) is 0 Å². The van der Waals surface area contributed by atoms with Gasteiger partial charge in [0.1, 0.15) is 17.7 Å². The van der Waals surface area contributed by atoms with Crippen molar-refractivity contribution in [2.24, 2.45) is 5.92 Å². The molecule has 0 spiro atoms. The molecule has 0 bridgehead atoms. The minimum atomic E-state index is -0.287. The van der Waals surface area contributed by atoms with Gasteiger partial charge in [-0.3, -0.25) is 9.59 Å². The van der Waals surface area contributed by atoms with E-state index in [2.05, 4.69) is 0 Å². The van der Waals surface area contributed by atoms with E-state index in [4.69, 9.17) is 9.47 Å². The second-order valence-corrected chi connectivity index (χ2v) is 7.18. The number of halogens is 1. The number of piperidine rings is 1. The lowest BCUT2D eigenvalue weighted by Crippen LogP contribution is -2.44. The number of carbonyl (C=O) groups is 2. The van der Waals surface area contributed by atoms with Crippen molar-refractivity contribution in [2.75, 3.05) is 39.9 Å². The van der Waals surface area contributed by atoms with Crippen molar-refractivity contribution in [3.05, 3.63) is 30.1 Å². The molecule has 148 valence electrons. The van der Waals surface area contributed by atoms with Crippen molar-refractivity contribution < 1.29 is 23.5 Å².